The van der Waals surface area contributed by atoms with Gasteiger partial charge in [-0.1, -0.05) is 50.6 Å². The minimum atomic E-state index is 0.264. The average Bonchev–Trinajstić information content (AvgIpc) is 2.33. The van der Waals surface area contributed by atoms with Crippen LogP contribution in [-0.4, -0.2) is 16.6 Å². The van der Waals surface area contributed by atoms with Gasteiger partial charge in [-0.15, -0.1) is 0 Å². The normalized spacial score (nSPS) is 10.5. The zero-order valence-corrected chi connectivity index (χ0v) is 11.0. The molecule has 1 aromatic rings. The molecule has 0 aliphatic heterocycles. The fraction of sp³-hybridized carbons (Fsp3) is 0.667. The van der Waals surface area contributed by atoms with Gasteiger partial charge in [0.25, 0.3) is 0 Å². The molecule has 0 saturated carbocycles. The van der Waals surface area contributed by atoms with Crippen molar-refractivity contribution in [1.82, 2.24) is 9.97 Å². The third-order valence-corrected chi connectivity index (χ3v) is 2.88. The zero-order valence-electron chi connectivity index (χ0n) is 10.3. The standard InChI is InChI=1S/C12H20ClN3O/c1-2-3-4-5-6-7-8-17-12-10(13)11(14)15-9-16-12/h9H,2-8H2,1H3,(H2,14,15,16). The molecule has 0 spiro atoms. The van der Waals surface area contributed by atoms with E-state index in [0.717, 1.165) is 6.42 Å². The molecule has 2 N–H and O–H groups in total. The molecule has 17 heavy (non-hydrogen) atoms. The number of hydrogen-bond donors (Lipinski definition) is 1. The lowest BCUT2D eigenvalue weighted by atomic mass is 10.1. The molecule has 4 nitrogen and oxygen atoms in total. The smallest absolute Gasteiger partial charge is 0.237 e. The van der Waals surface area contributed by atoms with E-state index in [1.54, 1.807) is 0 Å². The molecule has 0 amide bonds. The summed E-state index contributed by atoms with van der Waals surface area (Å²) in [5, 5.41) is 0.304. The highest BCUT2D eigenvalue weighted by Crippen LogP contribution is 2.25. The SMILES string of the molecule is CCCCCCCCOc1ncnc(N)c1Cl. The molecule has 0 atom stereocenters. The summed E-state index contributed by atoms with van der Waals surface area (Å²) in [4.78, 5) is 7.71. The summed E-state index contributed by atoms with van der Waals surface area (Å²) in [6, 6.07) is 0. The van der Waals surface area contributed by atoms with E-state index >= 15 is 0 Å². The first-order chi connectivity index (χ1) is 8.25. The summed E-state index contributed by atoms with van der Waals surface area (Å²) >= 11 is 5.90. The van der Waals surface area contributed by atoms with Gasteiger partial charge in [0.1, 0.15) is 17.2 Å². The van der Waals surface area contributed by atoms with Crippen molar-refractivity contribution in [3.63, 3.8) is 0 Å². The lowest BCUT2D eigenvalue weighted by Crippen LogP contribution is -2.02. The molecule has 5 heteroatoms. The van der Waals surface area contributed by atoms with E-state index in [2.05, 4.69) is 16.9 Å². The molecule has 0 aliphatic rings. The van der Waals surface area contributed by atoms with Crippen LogP contribution in [0.1, 0.15) is 45.4 Å². The quantitative estimate of drug-likeness (QED) is 0.725. The Bertz CT molecular complexity index is 334. The minimum Gasteiger partial charge on any atom is -0.476 e. The van der Waals surface area contributed by atoms with Crippen molar-refractivity contribution >= 4 is 17.4 Å². The molecule has 0 aliphatic carbocycles. The molecule has 0 fully saturated rings. The minimum absolute atomic E-state index is 0.264. The molecule has 0 unspecified atom stereocenters. The maximum atomic E-state index is 5.90. The molecule has 0 radical (unpaired) electrons. The maximum absolute atomic E-state index is 5.90. The van der Waals surface area contributed by atoms with Crippen LogP contribution in [-0.2, 0) is 0 Å². The van der Waals surface area contributed by atoms with Crippen molar-refractivity contribution < 1.29 is 4.74 Å². The molecule has 0 saturated heterocycles. The maximum Gasteiger partial charge on any atom is 0.237 e. The number of halogens is 1. The van der Waals surface area contributed by atoms with E-state index in [9.17, 15) is 0 Å². The topological polar surface area (TPSA) is 61.0 Å². The molecular weight excluding hydrogens is 238 g/mol. The second-order valence-corrected chi connectivity index (χ2v) is 4.37. The van der Waals surface area contributed by atoms with Crippen molar-refractivity contribution in [1.29, 1.82) is 0 Å². The van der Waals surface area contributed by atoms with Crippen LogP contribution in [0.3, 0.4) is 0 Å². The predicted molar refractivity (Wildman–Crippen MR) is 70.3 cm³/mol. The number of nitrogens with two attached hydrogens (primary N) is 1. The summed E-state index contributed by atoms with van der Waals surface area (Å²) in [5.74, 6) is 0.646. The van der Waals surface area contributed by atoms with Crippen molar-refractivity contribution in [2.45, 2.75) is 45.4 Å². The van der Waals surface area contributed by atoms with Gasteiger partial charge in [-0.05, 0) is 6.42 Å². The number of anilines is 1. The van der Waals surface area contributed by atoms with Gasteiger partial charge < -0.3 is 10.5 Å². The van der Waals surface area contributed by atoms with E-state index in [-0.39, 0.29) is 5.82 Å². The Labute approximate surface area is 108 Å². The van der Waals surface area contributed by atoms with E-state index in [4.69, 9.17) is 22.1 Å². The van der Waals surface area contributed by atoms with E-state index in [0.29, 0.717) is 17.5 Å². The Morgan fingerprint density at radius 2 is 1.88 bits per heavy atom. The summed E-state index contributed by atoms with van der Waals surface area (Å²) in [6.07, 6.45) is 8.70. The van der Waals surface area contributed by atoms with Crippen LogP contribution in [0.5, 0.6) is 5.88 Å². The van der Waals surface area contributed by atoms with Crippen LogP contribution >= 0.6 is 11.6 Å². The number of nitrogens with zero attached hydrogens (tertiary/aromatic N) is 2. The van der Waals surface area contributed by atoms with Gasteiger partial charge in [-0.3, -0.25) is 0 Å². The summed E-state index contributed by atoms with van der Waals surface area (Å²) in [6.45, 7) is 2.84. The van der Waals surface area contributed by atoms with E-state index in [1.807, 2.05) is 0 Å². The predicted octanol–water partition coefficient (Wildman–Crippen LogP) is 3.45. The third-order valence-electron chi connectivity index (χ3n) is 2.52. The molecule has 0 aromatic carbocycles. The van der Waals surface area contributed by atoms with Gasteiger partial charge in [0.15, 0.2) is 0 Å². The lowest BCUT2D eigenvalue weighted by molar-refractivity contribution is 0.293. The van der Waals surface area contributed by atoms with Gasteiger partial charge in [0, 0.05) is 0 Å². The summed E-state index contributed by atoms with van der Waals surface area (Å²) in [5.41, 5.74) is 5.54. The number of aromatic nitrogens is 2. The van der Waals surface area contributed by atoms with Crippen LogP contribution in [0.25, 0.3) is 0 Å². The highest BCUT2D eigenvalue weighted by atomic mass is 35.5. The highest BCUT2D eigenvalue weighted by Gasteiger charge is 2.06. The van der Waals surface area contributed by atoms with Crippen molar-refractivity contribution in [2.24, 2.45) is 0 Å². The molecule has 96 valence electrons. The van der Waals surface area contributed by atoms with E-state index in [1.165, 1.54) is 38.4 Å². The van der Waals surface area contributed by atoms with Crippen LogP contribution in [0.15, 0.2) is 6.33 Å². The second kappa shape index (κ2) is 8.12. The molecule has 1 aromatic heterocycles. The second-order valence-electron chi connectivity index (χ2n) is 3.99. The zero-order chi connectivity index (χ0) is 12.5. The lowest BCUT2D eigenvalue weighted by Gasteiger charge is -2.07. The number of rotatable bonds is 8. The van der Waals surface area contributed by atoms with Gasteiger partial charge in [0.05, 0.1) is 6.61 Å². The summed E-state index contributed by atoms with van der Waals surface area (Å²) < 4.78 is 5.46. The number of hydrogen-bond acceptors (Lipinski definition) is 4. The van der Waals surface area contributed by atoms with Gasteiger partial charge in [-0.25, -0.2) is 9.97 Å². The van der Waals surface area contributed by atoms with Gasteiger partial charge >= 0.3 is 0 Å². The fourth-order valence-corrected chi connectivity index (χ4v) is 1.67. The van der Waals surface area contributed by atoms with Crippen LogP contribution in [0.2, 0.25) is 5.02 Å². The largest absolute Gasteiger partial charge is 0.476 e. The Morgan fingerprint density at radius 3 is 2.65 bits per heavy atom. The van der Waals surface area contributed by atoms with Gasteiger partial charge in [0.2, 0.25) is 5.88 Å². The Morgan fingerprint density at radius 1 is 1.18 bits per heavy atom. The Kier molecular flexibility index (Phi) is 6.70. The highest BCUT2D eigenvalue weighted by molar-refractivity contribution is 6.33. The van der Waals surface area contributed by atoms with Gasteiger partial charge in [-0.2, -0.15) is 0 Å². The first kappa shape index (κ1) is 14.0. The molecule has 0 bridgehead atoms. The number of ether oxygens (including phenoxy) is 1. The third kappa shape index (κ3) is 5.22. The molecule has 1 heterocycles. The number of unbranched alkanes of at least 4 members (excludes halogenated alkanes) is 5. The van der Waals surface area contributed by atoms with E-state index < -0.39 is 0 Å². The van der Waals surface area contributed by atoms with Crippen molar-refractivity contribution in [3.05, 3.63) is 11.3 Å². The number of nitrogen functional groups attached to an aromatic ring is 1. The van der Waals surface area contributed by atoms with Crippen molar-refractivity contribution in [2.75, 3.05) is 12.3 Å². The van der Waals surface area contributed by atoms with Crippen LogP contribution < -0.4 is 10.5 Å². The monoisotopic (exact) mass is 257 g/mol. The first-order valence-electron chi connectivity index (χ1n) is 6.14. The molecular formula is C12H20ClN3O. The molecule has 1 rings (SSSR count). The Hall–Kier alpha value is -1.03. The van der Waals surface area contributed by atoms with Crippen LogP contribution in [0.4, 0.5) is 5.82 Å². The van der Waals surface area contributed by atoms with Crippen molar-refractivity contribution in [3.8, 4) is 5.88 Å². The average molecular weight is 258 g/mol. The summed E-state index contributed by atoms with van der Waals surface area (Å²) in [7, 11) is 0. The fourth-order valence-electron chi connectivity index (χ4n) is 1.52. The Balaban J connectivity index is 2.16. The first-order valence-corrected chi connectivity index (χ1v) is 6.52. The van der Waals surface area contributed by atoms with Crippen LogP contribution in [0, 0.1) is 0 Å².